The van der Waals surface area contributed by atoms with Crippen molar-refractivity contribution < 1.29 is 9.59 Å². The van der Waals surface area contributed by atoms with Gasteiger partial charge in [0.05, 0.1) is 12.6 Å². The van der Waals surface area contributed by atoms with Crippen molar-refractivity contribution in [1.29, 1.82) is 0 Å². The number of carbonyl (C=O) groups is 2. The quantitative estimate of drug-likeness (QED) is 0.832. The molecule has 2 amide bonds. The zero-order valence-electron chi connectivity index (χ0n) is 12.7. The van der Waals surface area contributed by atoms with E-state index in [2.05, 4.69) is 26.2 Å². The molecule has 0 fully saturated rings. The number of hydrogen-bond donors (Lipinski definition) is 2. The van der Waals surface area contributed by atoms with Crippen LogP contribution in [0.5, 0.6) is 0 Å². The van der Waals surface area contributed by atoms with E-state index in [1.807, 2.05) is 19.9 Å². The van der Waals surface area contributed by atoms with Gasteiger partial charge >= 0.3 is 0 Å². The second-order valence-electron chi connectivity index (χ2n) is 4.98. The van der Waals surface area contributed by atoms with Gasteiger partial charge in [-0.2, -0.15) is 0 Å². The van der Waals surface area contributed by atoms with Crippen molar-refractivity contribution in [1.82, 2.24) is 30.8 Å². The lowest BCUT2D eigenvalue weighted by Crippen LogP contribution is -2.35. The van der Waals surface area contributed by atoms with Crippen molar-refractivity contribution in [2.75, 3.05) is 13.6 Å². The highest BCUT2D eigenvalue weighted by molar-refractivity contribution is 5.97. The van der Waals surface area contributed by atoms with E-state index in [1.54, 1.807) is 22.9 Å². The van der Waals surface area contributed by atoms with Gasteiger partial charge in [-0.3, -0.25) is 9.59 Å². The number of likely N-dealkylation sites (N-methyl/N-ethyl adjacent to an activating group) is 1. The molecule has 8 heteroatoms. The Morgan fingerprint density at radius 1 is 1.32 bits per heavy atom. The van der Waals surface area contributed by atoms with Crippen LogP contribution in [0.25, 0.3) is 11.4 Å². The van der Waals surface area contributed by atoms with Crippen LogP contribution in [0.1, 0.15) is 30.2 Å². The van der Waals surface area contributed by atoms with Crippen LogP contribution in [0.2, 0.25) is 0 Å². The molecule has 22 heavy (non-hydrogen) atoms. The highest BCUT2D eigenvalue weighted by atomic mass is 16.2. The molecule has 0 aliphatic heterocycles. The summed E-state index contributed by atoms with van der Waals surface area (Å²) in [6.45, 7) is 3.88. The molecule has 0 bridgehead atoms. The number of rotatable bonds is 5. The van der Waals surface area contributed by atoms with E-state index in [0.29, 0.717) is 11.4 Å². The summed E-state index contributed by atoms with van der Waals surface area (Å²) in [5, 5.41) is 16.6. The van der Waals surface area contributed by atoms with Gasteiger partial charge in [0.2, 0.25) is 5.91 Å². The lowest BCUT2D eigenvalue weighted by atomic mass is 10.1. The zero-order chi connectivity index (χ0) is 16.1. The van der Waals surface area contributed by atoms with Crippen molar-refractivity contribution >= 4 is 11.8 Å². The average molecular weight is 302 g/mol. The molecule has 1 heterocycles. The van der Waals surface area contributed by atoms with Crippen molar-refractivity contribution in [3.63, 3.8) is 0 Å². The number of amides is 2. The van der Waals surface area contributed by atoms with Gasteiger partial charge in [0.15, 0.2) is 5.82 Å². The maximum atomic E-state index is 12.1. The topological polar surface area (TPSA) is 102 Å². The molecule has 0 aliphatic rings. The molecule has 0 saturated carbocycles. The number of benzene rings is 1. The van der Waals surface area contributed by atoms with Gasteiger partial charge in [-0.25, -0.2) is 4.68 Å². The fourth-order valence-corrected chi connectivity index (χ4v) is 1.88. The van der Waals surface area contributed by atoms with Crippen LogP contribution in [-0.4, -0.2) is 45.6 Å². The van der Waals surface area contributed by atoms with Gasteiger partial charge in [0, 0.05) is 18.2 Å². The first kappa shape index (κ1) is 15.6. The smallest absolute Gasteiger partial charge is 0.251 e. The first-order valence-electron chi connectivity index (χ1n) is 6.90. The van der Waals surface area contributed by atoms with Crippen LogP contribution in [0, 0.1) is 0 Å². The number of carbonyl (C=O) groups excluding carboxylic acids is 2. The van der Waals surface area contributed by atoms with Gasteiger partial charge in [-0.1, -0.05) is 12.1 Å². The summed E-state index contributed by atoms with van der Waals surface area (Å²) in [6, 6.07) is 7.07. The van der Waals surface area contributed by atoms with Crippen LogP contribution in [-0.2, 0) is 4.79 Å². The molecule has 1 aromatic heterocycles. The molecule has 2 rings (SSSR count). The molecule has 0 unspecified atom stereocenters. The minimum atomic E-state index is -0.325. The predicted molar refractivity (Wildman–Crippen MR) is 80.0 cm³/mol. The highest BCUT2D eigenvalue weighted by Crippen LogP contribution is 2.19. The van der Waals surface area contributed by atoms with Crippen LogP contribution >= 0.6 is 0 Å². The maximum Gasteiger partial charge on any atom is 0.251 e. The second kappa shape index (κ2) is 6.79. The molecule has 8 nitrogen and oxygen atoms in total. The number of hydrogen-bond acceptors (Lipinski definition) is 5. The van der Waals surface area contributed by atoms with Crippen molar-refractivity contribution in [3.8, 4) is 11.4 Å². The van der Waals surface area contributed by atoms with Crippen LogP contribution < -0.4 is 10.6 Å². The van der Waals surface area contributed by atoms with E-state index in [0.717, 1.165) is 5.56 Å². The van der Waals surface area contributed by atoms with E-state index in [1.165, 1.54) is 7.05 Å². The Labute approximate surface area is 127 Å². The van der Waals surface area contributed by atoms with Crippen molar-refractivity contribution in [2.24, 2.45) is 0 Å². The Bertz CT molecular complexity index is 679. The standard InChI is InChI=1S/C14H18N6O2/c1-9(2)20-13(17-18-19-20)10-5-4-6-11(7-10)14(22)16-8-12(21)15-3/h4-7,9H,8H2,1-3H3,(H,15,21)(H,16,22). The van der Waals surface area contributed by atoms with Crippen LogP contribution in [0.3, 0.4) is 0 Å². The minimum absolute atomic E-state index is 0.0662. The van der Waals surface area contributed by atoms with E-state index in [4.69, 9.17) is 0 Å². The first-order chi connectivity index (χ1) is 10.5. The lowest BCUT2D eigenvalue weighted by Gasteiger charge is -2.09. The van der Waals surface area contributed by atoms with E-state index in [-0.39, 0.29) is 24.4 Å². The summed E-state index contributed by atoms with van der Waals surface area (Å²) < 4.78 is 1.68. The Kier molecular flexibility index (Phi) is 4.82. The molecule has 2 aromatic rings. The molecule has 0 radical (unpaired) electrons. The number of nitrogens with zero attached hydrogens (tertiary/aromatic N) is 4. The van der Waals surface area contributed by atoms with E-state index in [9.17, 15) is 9.59 Å². The summed E-state index contributed by atoms with van der Waals surface area (Å²) >= 11 is 0. The second-order valence-corrected chi connectivity index (χ2v) is 4.98. The van der Waals surface area contributed by atoms with E-state index < -0.39 is 0 Å². The Morgan fingerprint density at radius 3 is 2.77 bits per heavy atom. The fourth-order valence-electron chi connectivity index (χ4n) is 1.88. The predicted octanol–water partition coefficient (Wildman–Crippen LogP) is 0.397. The summed E-state index contributed by atoms with van der Waals surface area (Å²) in [5.74, 6) is 0.0122. The fraction of sp³-hybridized carbons (Fsp3) is 0.357. The number of aromatic nitrogens is 4. The number of tetrazole rings is 1. The third kappa shape index (κ3) is 3.46. The molecule has 0 spiro atoms. The normalized spacial score (nSPS) is 10.5. The third-order valence-corrected chi connectivity index (χ3v) is 3.05. The Hall–Kier alpha value is -2.77. The van der Waals surface area contributed by atoms with Crippen LogP contribution in [0.15, 0.2) is 24.3 Å². The molecular weight excluding hydrogens is 284 g/mol. The molecule has 1 aromatic carbocycles. The highest BCUT2D eigenvalue weighted by Gasteiger charge is 2.14. The molecule has 0 aliphatic carbocycles. The number of nitrogens with one attached hydrogen (secondary N) is 2. The molecule has 0 saturated heterocycles. The van der Waals surface area contributed by atoms with Crippen molar-refractivity contribution in [3.05, 3.63) is 29.8 Å². The summed E-state index contributed by atoms with van der Waals surface area (Å²) in [6.07, 6.45) is 0. The molecule has 116 valence electrons. The molecular formula is C14H18N6O2. The largest absolute Gasteiger partial charge is 0.358 e. The Balaban J connectivity index is 2.21. The minimum Gasteiger partial charge on any atom is -0.358 e. The third-order valence-electron chi connectivity index (χ3n) is 3.05. The van der Waals surface area contributed by atoms with Gasteiger partial charge in [-0.05, 0) is 36.4 Å². The molecule has 2 N–H and O–H groups in total. The van der Waals surface area contributed by atoms with Gasteiger partial charge in [-0.15, -0.1) is 5.10 Å². The summed E-state index contributed by atoms with van der Waals surface area (Å²) in [5.41, 5.74) is 1.19. The first-order valence-corrected chi connectivity index (χ1v) is 6.90. The van der Waals surface area contributed by atoms with Gasteiger partial charge in [0.25, 0.3) is 5.91 Å². The Morgan fingerprint density at radius 2 is 2.09 bits per heavy atom. The lowest BCUT2D eigenvalue weighted by molar-refractivity contribution is -0.119. The SMILES string of the molecule is CNC(=O)CNC(=O)c1cccc(-c2nnnn2C(C)C)c1. The van der Waals surface area contributed by atoms with E-state index >= 15 is 0 Å². The van der Waals surface area contributed by atoms with Gasteiger partial charge in [0.1, 0.15) is 0 Å². The maximum absolute atomic E-state index is 12.1. The van der Waals surface area contributed by atoms with Crippen LogP contribution in [0.4, 0.5) is 0 Å². The zero-order valence-corrected chi connectivity index (χ0v) is 12.7. The van der Waals surface area contributed by atoms with Gasteiger partial charge < -0.3 is 10.6 Å². The summed E-state index contributed by atoms with van der Waals surface area (Å²) in [7, 11) is 1.51. The molecule has 0 atom stereocenters. The summed E-state index contributed by atoms with van der Waals surface area (Å²) in [4.78, 5) is 23.2. The van der Waals surface area contributed by atoms with Crippen molar-refractivity contribution in [2.45, 2.75) is 19.9 Å². The monoisotopic (exact) mass is 302 g/mol. The average Bonchev–Trinajstić information content (AvgIpc) is 3.02.